The molecule has 2 rings (SSSR count). The number of aryl methyl sites for hydroxylation is 1. The third-order valence-corrected chi connectivity index (χ3v) is 2.47. The zero-order chi connectivity index (χ0) is 12.4. The van der Waals surface area contributed by atoms with E-state index >= 15 is 0 Å². The van der Waals surface area contributed by atoms with E-state index in [0.29, 0.717) is 11.3 Å². The van der Waals surface area contributed by atoms with Crippen molar-refractivity contribution in [2.45, 2.75) is 6.54 Å². The maximum Gasteiger partial charge on any atom is 0.345 e. The van der Waals surface area contributed by atoms with Gasteiger partial charge < -0.3 is 4.74 Å². The quantitative estimate of drug-likeness (QED) is 0.792. The second-order valence-corrected chi connectivity index (χ2v) is 3.64. The molecule has 0 amide bonds. The molecule has 0 N–H and O–H groups in total. The van der Waals surface area contributed by atoms with Crippen molar-refractivity contribution in [1.29, 1.82) is 0 Å². The summed E-state index contributed by atoms with van der Waals surface area (Å²) >= 11 is 0. The number of halogens is 1. The Hall–Kier alpha value is -2.11. The van der Waals surface area contributed by atoms with Crippen LogP contribution < -0.4 is 10.4 Å². The smallest absolute Gasteiger partial charge is 0.345 e. The summed E-state index contributed by atoms with van der Waals surface area (Å²) in [5.74, 6) is 0.0292. The van der Waals surface area contributed by atoms with Crippen LogP contribution in [0.15, 0.2) is 29.3 Å². The maximum absolute atomic E-state index is 13.6. The lowest BCUT2D eigenvalue weighted by atomic mass is 10.2. The van der Waals surface area contributed by atoms with E-state index in [1.165, 1.54) is 28.8 Å². The zero-order valence-corrected chi connectivity index (χ0v) is 9.55. The van der Waals surface area contributed by atoms with Crippen LogP contribution in [0.5, 0.6) is 5.75 Å². The summed E-state index contributed by atoms with van der Waals surface area (Å²) in [6.45, 7) is 0.107. The lowest BCUT2D eigenvalue weighted by Gasteiger charge is -2.04. The van der Waals surface area contributed by atoms with Crippen molar-refractivity contribution in [2.24, 2.45) is 7.05 Å². The topological polar surface area (TPSA) is 49.0 Å². The number of aromatic nitrogens is 3. The number of rotatable bonds is 3. The van der Waals surface area contributed by atoms with Crippen LogP contribution in [0.1, 0.15) is 5.56 Å². The van der Waals surface area contributed by atoms with Gasteiger partial charge in [0.25, 0.3) is 0 Å². The molecule has 1 aromatic carbocycles. The first-order chi connectivity index (χ1) is 8.11. The van der Waals surface area contributed by atoms with Crippen LogP contribution in [0.4, 0.5) is 4.39 Å². The highest BCUT2D eigenvalue weighted by Gasteiger charge is 2.08. The van der Waals surface area contributed by atoms with Gasteiger partial charge in [-0.1, -0.05) is 6.07 Å². The normalized spacial score (nSPS) is 10.5. The average Bonchev–Trinajstić information content (AvgIpc) is 2.63. The zero-order valence-electron chi connectivity index (χ0n) is 9.55. The summed E-state index contributed by atoms with van der Waals surface area (Å²) in [6, 6.07) is 4.50. The van der Waals surface area contributed by atoms with Crippen LogP contribution in [0.2, 0.25) is 0 Å². The summed E-state index contributed by atoms with van der Waals surface area (Å²) in [7, 11) is 3.06. The molecule has 0 aliphatic rings. The molecule has 0 radical (unpaired) electrons. The first-order valence-corrected chi connectivity index (χ1v) is 5.02. The molecule has 0 spiro atoms. The first kappa shape index (κ1) is 11.4. The minimum Gasteiger partial charge on any atom is -0.497 e. The van der Waals surface area contributed by atoms with Crippen molar-refractivity contribution in [1.82, 2.24) is 14.3 Å². The van der Waals surface area contributed by atoms with E-state index in [4.69, 9.17) is 4.74 Å². The highest BCUT2D eigenvalue weighted by atomic mass is 19.1. The highest BCUT2D eigenvalue weighted by Crippen LogP contribution is 2.16. The van der Waals surface area contributed by atoms with Crippen molar-refractivity contribution in [3.05, 3.63) is 46.4 Å². The second kappa shape index (κ2) is 4.40. The van der Waals surface area contributed by atoms with E-state index in [-0.39, 0.29) is 12.2 Å². The van der Waals surface area contributed by atoms with Gasteiger partial charge in [-0.3, -0.25) is 4.57 Å². The molecule has 0 bridgehead atoms. The number of methoxy groups -OCH3 is 1. The molecule has 0 unspecified atom stereocenters. The van der Waals surface area contributed by atoms with E-state index in [1.807, 2.05) is 0 Å². The molecule has 6 heteroatoms. The molecule has 1 aromatic heterocycles. The molecular weight excluding hydrogens is 225 g/mol. The molecule has 0 atom stereocenters. The molecule has 0 aliphatic carbocycles. The van der Waals surface area contributed by atoms with Crippen molar-refractivity contribution in [3.8, 4) is 5.75 Å². The Kier molecular flexibility index (Phi) is 2.95. The molecule has 0 aliphatic heterocycles. The SMILES string of the molecule is COc1ccc(Cn2ncn(C)c2=O)c(F)c1. The highest BCUT2D eigenvalue weighted by molar-refractivity contribution is 5.28. The monoisotopic (exact) mass is 237 g/mol. The number of hydrogen-bond acceptors (Lipinski definition) is 3. The Morgan fingerprint density at radius 1 is 1.47 bits per heavy atom. The predicted molar refractivity (Wildman–Crippen MR) is 59.5 cm³/mol. The maximum atomic E-state index is 13.6. The third kappa shape index (κ3) is 2.20. The Morgan fingerprint density at radius 3 is 2.76 bits per heavy atom. The van der Waals surface area contributed by atoms with Crippen LogP contribution in [0.3, 0.4) is 0 Å². The van der Waals surface area contributed by atoms with Crippen LogP contribution in [-0.4, -0.2) is 21.5 Å². The van der Waals surface area contributed by atoms with E-state index in [1.54, 1.807) is 19.2 Å². The van der Waals surface area contributed by atoms with Crippen molar-refractivity contribution in [3.63, 3.8) is 0 Å². The molecule has 0 fully saturated rings. The van der Waals surface area contributed by atoms with E-state index < -0.39 is 5.82 Å². The van der Waals surface area contributed by atoms with Gasteiger partial charge in [-0.25, -0.2) is 13.9 Å². The first-order valence-electron chi connectivity index (χ1n) is 5.02. The van der Waals surface area contributed by atoms with Gasteiger partial charge in [-0.05, 0) is 6.07 Å². The summed E-state index contributed by atoms with van der Waals surface area (Å²) in [6.07, 6.45) is 1.39. The summed E-state index contributed by atoms with van der Waals surface area (Å²) < 4.78 is 21.1. The van der Waals surface area contributed by atoms with E-state index in [0.717, 1.165) is 0 Å². The lowest BCUT2D eigenvalue weighted by molar-refractivity contribution is 0.410. The van der Waals surface area contributed by atoms with Gasteiger partial charge in [0.2, 0.25) is 0 Å². The molecule has 1 heterocycles. The van der Waals surface area contributed by atoms with Crippen LogP contribution in [-0.2, 0) is 13.6 Å². The molecule has 0 saturated heterocycles. The molecular formula is C11H12FN3O2. The van der Waals surface area contributed by atoms with Gasteiger partial charge in [-0.2, -0.15) is 5.10 Å². The lowest BCUT2D eigenvalue weighted by Crippen LogP contribution is -2.23. The average molecular weight is 237 g/mol. The Morgan fingerprint density at radius 2 is 2.24 bits per heavy atom. The van der Waals surface area contributed by atoms with Gasteiger partial charge in [-0.15, -0.1) is 0 Å². The fourth-order valence-corrected chi connectivity index (χ4v) is 1.47. The molecule has 0 saturated carbocycles. The molecule has 90 valence electrons. The van der Waals surface area contributed by atoms with Gasteiger partial charge in [0.05, 0.1) is 13.7 Å². The number of nitrogens with zero attached hydrogens (tertiary/aromatic N) is 3. The predicted octanol–water partition coefficient (Wildman–Crippen LogP) is 0.778. The van der Waals surface area contributed by atoms with Crippen LogP contribution >= 0.6 is 0 Å². The number of hydrogen-bond donors (Lipinski definition) is 0. The number of ether oxygens (including phenoxy) is 1. The van der Waals surface area contributed by atoms with Crippen LogP contribution in [0, 0.1) is 5.82 Å². The van der Waals surface area contributed by atoms with Crippen molar-refractivity contribution >= 4 is 0 Å². The largest absolute Gasteiger partial charge is 0.497 e. The van der Waals surface area contributed by atoms with Gasteiger partial charge in [0.15, 0.2) is 0 Å². The van der Waals surface area contributed by atoms with E-state index in [2.05, 4.69) is 5.10 Å². The Labute approximate surface area is 97.1 Å². The molecule has 2 aromatic rings. The summed E-state index contributed by atoms with van der Waals surface area (Å²) in [5.41, 5.74) is 0.117. The fourth-order valence-electron chi connectivity index (χ4n) is 1.47. The third-order valence-electron chi connectivity index (χ3n) is 2.47. The molecule has 5 nitrogen and oxygen atoms in total. The second-order valence-electron chi connectivity index (χ2n) is 3.64. The molecule has 17 heavy (non-hydrogen) atoms. The Balaban J connectivity index is 2.30. The van der Waals surface area contributed by atoms with Crippen molar-refractivity contribution < 1.29 is 9.13 Å². The fraction of sp³-hybridized carbons (Fsp3) is 0.273. The van der Waals surface area contributed by atoms with Gasteiger partial charge in [0, 0.05) is 18.7 Å². The van der Waals surface area contributed by atoms with Crippen LogP contribution in [0.25, 0.3) is 0 Å². The number of benzene rings is 1. The standard InChI is InChI=1S/C11H12FN3O2/c1-14-7-13-15(11(14)16)6-8-3-4-9(17-2)5-10(8)12/h3-5,7H,6H2,1-2H3. The Bertz CT molecular complexity index is 589. The van der Waals surface area contributed by atoms with E-state index in [9.17, 15) is 9.18 Å². The van der Waals surface area contributed by atoms with Gasteiger partial charge >= 0.3 is 5.69 Å². The van der Waals surface area contributed by atoms with Gasteiger partial charge in [0.1, 0.15) is 17.9 Å². The summed E-state index contributed by atoms with van der Waals surface area (Å²) in [5, 5.41) is 3.86. The van der Waals surface area contributed by atoms with Crippen molar-refractivity contribution in [2.75, 3.05) is 7.11 Å². The minimum atomic E-state index is -0.415. The summed E-state index contributed by atoms with van der Waals surface area (Å²) in [4.78, 5) is 11.5. The minimum absolute atomic E-state index is 0.107.